The van der Waals surface area contributed by atoms with Gasteiger partial charge in [0, 0.05) is 17.9 Å². The summed E-state index contributed by atoms with van der Waals surface area (Å²) in [6, 6.07) is 6.41. The maximum Gasteiger partial charge on any atom is 0.292 e. The van der Waals surface area contributed by atoms with Crippen LogP contribution in [0.3, 0.4) is 0 Å². The van der Waals surface area contributed by atoms with Gasteiger partial charge in [-0.25, -0.2) is 4.90 Å². The van der Waals surface area contributed by atoms with Crippen LogP contribution in [0.25, 0.3) is 0 Å². The molecule has 0 aliphatic carbocycles. The zero-order valence-electron chi connectivity index (χ0n) is 11.6. The lowest BCUT2D eigenvalue weighted by atomic mass is 10.1. The van der Waals surface area contributed by atoms with Gasteiger partial charge in [0.15, 0.2) is 6.04 Å². The molecule has 2 fully saturated rings. The van der Waals surface area contributed by atoms with Crippen molar-refractivity contribution in [3.8, 4) is 0 Å². The Labute approximate surface area is 128 Å². The minimum Gasteiger partial charge on any atom is -0.393 e. The van der Waals surface area contributed by atoms with Crippen LogP contribution in [-0.4, -0.2) is 42.2 Å². The van der Waals surface area contributed by atoms with Crippen molar-refractivity contribution in [1.29, 1.82) is 0 Å². The first-order valence-electron chi connectivity index (χ1n) is 7.21. The van der Waals surface area contributed by atoms with E-state index in [0.717, 1.165) is 18.0 Å². The van der Waals surface area contributed by atoms with E-state index in [-0.39, 0.29) is 30.4 Å². The van der Waals surface area contributed by atoms with Crippen molar-refractivity contribution in [1.82, 2.24) is 0 Å². The third-order valence-corrected chi connectivity index (χ3v) is 4.57. The summed E-state index contributed by atoms with van der Waals surface area (Å²) in [4.78, 5) is 27.1. The molecule has 6 heteroatoms. The maximum absolute atomic E-state index is 12.6. The smallest absolute Gasteiger partial charge is 0.292 e. The lowest BCUT2D eigenvalue weighted by Gasteiger charge is -2.29. The summed E-state index contributed by atoms with van der Waals surface area (Å²) in [7, 11) is 0. The molecule has 21 heavy (non-hydrogen) atoms. The molecule has 1 aromatic carbocycles. The molecule has 0 radical (unpaired) electrons. The highest BCUT2D eigenvalue weighted by Gasteiger charge is 2.46. The lowest BCUT2D eigenvalue weighted by molar-refractivity contribution is -0.920. The van der Waals surface area contributed by atoms with Crippen LogP contribution in [0, 0.1) is 0 Å². The summed E-state index contributed by atoms with van der Waals surface area (Å²) in [5, 5.41) is 10.1. The Morgan fingerprint density at radius 1 is 1.14 bits per heavy atom. The van der Waals surface area contributed by atoms with Crippen molar-refractivity contribution in [2.45, 2.75) is 31.4 Å². The summed E-state index contributed by atoms with van der Waals surface area (Å²) < 4.78 is 0. The highest BCUT2D eigenvalue weighted by atomic mass is 35.5. The Balaban J connectivity index is 1.77. The molecule has 0 unspecified atom stereocenters. The van der Waals surface area contributed by atoms with Crippen molar-refractivity contribution in [2.24, 2.45) is 0 Å². The molecular weight excluding hydrogens is 292 g/mol. The van der Waals surface area contributed by atoms with Crippen LogP contribution in [-0.2, 0) is 9.59 Å². The molecule has 2 saturated heterocycles. The molecule has 2 aliphatic heterocycles. The fourth-order valence-corrected chi connectivity index (χ4v) is 3.26. The predicted molar refractivity (Wildman–Crippen MR) is 78.3 cm³/mol. The zero-order valence-corrected chi connectivity index (χ0v) is 12.3. The van der Waals surface area contributed by atoms with E-state index >= 15 is 0 Å². The largest absolute Gasteiger partial charge is 0.393 e. The van der Waals surface area contributed by atoms with E-state index in [2.05, 4.69) is 0 Å². The Morgan fingerprint density at radius 2 is 1.76 bits per heavy atom. The van der Waals surface area contributed by atoms with Gasteiger partial charge in [-0.1, -0.05) is 11.6 Å². The Hall–Kier alpha value is -1.43. The average Bonchev–Trinajstić information content (AvgIpc) is 2.76. The third kappa shape index (κ3) is 2.81. The first kappa shape index (κ1) is 14.5. The fourth-order valence-electron chi connectivity index (χ4n) is 3.13. The minimum absolute atomic E-state index is 0.145. The van der Waals surface area contributed by atoms with E-state index in [4.69, 9.17) is 11.6 Å². The highest BCUT2D eigenvalue weighted by Crippen LogP contribution is 2.23. The zero-order chi connectivity index (χ0) is 15.0. The van der Waals surface area contributed by atoms with Gasteiger partial charge in [0.05, 0.1) is 31.3 Å². The Bertz CT molecular complexity index is 553. The summed E-state index contributed by atoms with van der Waals surface area (Å²) in [5.41, 5.74) is 0.577. The number of carbonyl (C=O) groups excluding carboxylic acids is 2. The molecule has 2 aliphatic rings. The van der Waals surface area contributed by atoms with Gasteiger partial charge in [0.2, 0.25) is 5.91 Å². The van der Waals surface area contributed by atoms with Crippen molar-refractivity contribution in [3.05, 3.63) is 29.3 Å². The van der Waals surface area contributed by atoms with E-state index in [1.165, 1.54) is 4.90 Å². The molecule has 2 N–H and O–H groups in total. The molecule has 0 aromatic heterocycles. The number of rotatable bonds is 2. The SMILES string of the molecule is O=C1C[C@H]([NH+]2CCC(O)CC2)C(=O)N1c1ccc(Cl)cc1. The van der Waals surface area contributed by atoms with Gasteiger partial charge in [0.1, 0.15) is 0 Å². The summed E-state index contributed by atoms with van der Waals surface area (Å²) >= 11 is 5.84. The van der Waals surface area contributed by atoms with Gasteiger partial charge in [-0.3, -0.25) is 9.59 Å². The van der Waals surface area contributed by atoms with Crippen LogP contribution < -0.4 is 9.80 Å². The van der Waals surface area contributed by atoms with Crippen LogP contribution in [0.2, 0.25) is 5.02 Å². The van der Waals surface area contributed by atoms with E-state index < -0.39 is 0 Å². The van der Waals surface area contributed by atoms with Crippen LogP contribution in [0.5, 0.6) is 0 Å². The number of aliphatic hydroxyl groups excluding tert-OH is 1. The number of quaternary nitrogens is 1. The fraction of sp³-hybridized carbons (Fsp3) is 0.467. The second kappa shape index (κ2) is 5.75. The van der Waals surface area contributed by atoms with Crippen LogP contribution in [0.1, 0.15) is 19.3 Å². The Kier molecular flexibility index (Phi) is 3.97. The lowest BCUT2D eigenvalue weighted by Crippen LogP contribution is -3.17. The van der Waals surface area contributed by atoms with Crippen LogP contribution in [0.15, 0.2) is 24.3 Å². The molecule has 1 aromatic rings. The van der Waals surface area contributed by atoms with Gasteiger partial charge in [0.25, 0.3) is 5.91 Å². The molecule has 3 rings (SSSR count). The second-order valence-corrected chi connectivity index (χ2v) is 6.13. The molecule has 0 spiro atoms. The summed E-state index contributed by atoms with van der Waals surface area (Å²) in [5.74, 6) is -0.306. The molecule has 2 amide bonds. The van der Waals surface area contributed by atoms with Gasteiger partial charge in [-0.05, 0) is 24.3 Å². The second-order valence-electron chi connectivity index (χ2n) is 5.69. The number of hydrogen-bond donors (Lipinski definition) is 2. The standard InChI is InChI=1S/C15H17ClN2O3/c16-10-1-3-11(4-2-10)18-14(20)9-13(15(18)21)17-7-5-12(19)6-8-17/h1-4,12-13,19H,5-9H2/p+1/t13-/m0/s1. The van der Waals surface area contributed by atoms with Gasteiger partial charge in [-0.2, -0.15) is 0 Å². The summed E-state index contributed by atoms with van der Waals surface area (Å²) in [6.45, 7) is 1.47. The van der Waals surface area contributed by atoms with Gasteiger partial charge < -0.3 is 10.0 Å². The number of nitrogens with zero attached hydrogens (tertiary/aromatic N) is 1. The number of anilines is 1. The van der Waals surface area contributed by atoms with Crippen LogP contribution >= 0.6 is 11.6 Å². The first-order chi connectivity index (χ1) is 10.1. The van der Waals surface area contributed by atoms with Gasteiger partial charge in [-0.15, -0.1) is 0 Å². The number of piperidine rings is 1. The van der Waals surface area contributed by atoms with E-state index in [1.807, 2.05) is 0 Å². The van der Waals surface area contributed by atoms with E-state index in [0.29, 0.717) is 23.6 Å². The van der Waals surface area contributed by atoms with Crippen molar-refractivity contribution in [2.75, 3.05) is 18.0 Å². The number of likely N-dealkylation sites (tertiary alicyclic amines) is 1. The normalized spacial score (nSPS) is 30.0. The third-order valence-electron chi connectivity index (χ3n) is 4.32. The van der Waals surface area contributed by atoms with Gasteiger partial charge >= 0.3 is 0 Å². The molecule has 0 bridgehead atoms. The van der Waals surface area contributed by atoms with Crippen molar-refractivity contribution >= 4 is 29.1 Å². The average molecular weight is 310 g/mol. The molecule has 112 valence electrons. The van der Waals surface area contributed by atoms with Crippen molar-refractivity contribution < 1.29 is 19.6 Å². The Morgan fingerprint density at radius 3 is 2.38 bits per heavy atom. The molecule has 1 atom stereocenters. The molecule has 0 saturated carbocycles. The monoisotopic (exact) mass is 309 g/mol. The number of hydrogen-bond acceptors (Lipinski definition) is 3. The van der Waals surface area contributed by atoms with Crippen LogP contribution in [0.4, 0.5) is 5.69 Å². The van der Waals surface area contributed by atoms with E-state index in [1.54, 1.807) is 24.3 Å². The molecule has 2 heterocycles. The quantitative estimate of drug-likeness (QED) is 0.757. The van der Waals surface area contributed by atoms with E-state index in [9.17, 15) is 14.7 Å². The molecular formula is C15H18ClN2O3+. The molecule has 5 nitrogen and oxygen atoms in total. The minimum atomic E-state index is -0.319. The number of amides is 2. The maximum atomic E-state index is 12.6. The topological polar surface area (TPSA) is 62.1 Å². The number of aliphatic hydroxyl groups is 1. The number of halogens is 1. The first-order valence-corrected chi connectivity index (χ1v) is 7.59. The predicted octanol–water partition coefficient (Wildman–Crippen LogP) is 0.0115. The van der Waals surface area contributed by atoms with Crippen molar-refractivity contribution in [3.63, 3.8) is 0 Å². The number of nitrogens with one attached hydrogen (secondary N) is 1. The number of imide groups is 1. The summed E-state index contributed by atoms with van der Waals surface area (Å²) in [6.07, 6.45) is 1.35. The number of carbonyl (C=O) groups is 2. The highest BCUT2D eigenvalue weighted by molar-refractivity contribution is 6.30. The number of benzene rings is 1.